The summed E-state index contributed by atoms with van der Waals surface area (Å²) in [7, 11) is 0. The molecule has 0 aliphatic carbocycles. The van der Waals surface area contributed by atoms with Gasteiger partial charge in [0.15, 0.2) is 16.7 Å². The SMILES string of the molecule is CCn1c(SCc2csc(-c3ccccc3)n2)nnc1-c1ccco1. The zero-order chi connectivity index (χ0) is 17.1. The van der Waals surface area contributed by atoms with Gasteiger partial charge in [0.25, 0.3) is 0 Å². The Morgan fingerprint density at radius 3 is 2.76 bits per heavy atom. The van der Waals surface area contributed by atoms with E-state index in [9.17, 15) is 0 Å². The number of hydrogen-bond donors (Lipinski definition) is 0. The molecule has 0 saturated carbocycles. The first-order chi connectivity index (χ1) is 12.3. The summed E-state index contributed by atoms with van der Waals surface area (Å²) >= 11 is 3.31. The molecule has 126 valence electrons. The fourth-order valence-corrected chi connectivity index (χ4v) is 4.32. The van der Waals surface area contributed by atoms with E-state index in [1.54, 1.807) is 29.4 Å². The van der Waals surface area contributed by atoms with Gasteiger partial charge >= 0.3 is 0 Å². The van der Waals surface area contributed by atoms with E-state index in [0.29, 0.717) is 0 Å². The molecule has 0 N–H and O–H groups in total. The van der Waals surface area contributed by atoms with Crippen LogP contribution in [0.2, 0.25) is 0 Å². The average Bonchev–Trinajstić information content (AvgIpc) is 3.39. The third-order valence-electron chi connectivity index (χ3n) is 3.70. The van der Waals surface area contributed by atoms with E-state index in [-0.39, 0.29) is 0 Å². The third kappa shape index (κ3) is 3.38. The number of nitrogens with zero attached hydrogens (tertiary/aromatic N) is 4. The highest BCUT2D eigenvalue weighted by atomic mass is 32.2. The second-order valence-corrected chi connectivity index (χ2v) is 7.13. The molecule has 0 saturated heterocycles. The number of thiazole rings is 1. The summed E-state index contributed by atoms with van der Waals surface area (Å²) in [5.41, 5.74) is 2.21. The summed E-state index contributed by atoms with van der Waals surface area (Å²) < 4.78 is 7.51. The molecule has 0 aliphatic heterocycles. The Bertz CT molecular complexity index is 945. The molecule has 4 rings (SSSR count). The van der Waals surface area contributed by atoms with Crippen molar-refractivity contribution in [3.63, 3.8) is 0 Å². The summed E-state index contributed by atoms with van der Waals surface area (Å²) in [4.78, 5) is 4.73. The monoisotopic (exact) mass is 368 g/mol. The first-order valence-electron chi connectivity index (χ1n) is 7.95. The van der Waals surface area contributed by atoms with Crippen LogP contribution in [0.4, 0.5) is 0 Å². The van der Waals surface area contributed by atoms with Crippen molar-refractivity contribution in [1.82, 2.24) is 19.7 Å². The normalized spacial score (nSPS) is 11.1. The van der Waals surface area contributed by atoms with Gasteiger partial charge in [0, 0.05) is 23.2 Å². The molecule has 0 aliphatic rings. The zero-order valence-corrected chi connectivity index (χ0v) is 15.3. The highest BCUT2D eigenvalue weighted by molar-refractivity contribution is 7.98. The number of benzene rings is 1. The van der Waals surface area contributed by atoms with Crippen LogP contribution >= 0.6 is 23.1 Å². The molecule has 0 unspecified atom stereocenters. The molecule has 0 amide bonds. The summed E-state index contributed by atoms with van der Waals surface area (Å²) in [6.45, 7) is 2.87. The fourth-order valence-electron chi connectivity index (χ4n) is 2.49. The average molecular weight is 368 g/mol. The largest absolute Gasteiger partial charge is 0.461 e. The first-order valence-corrected chi connectivity index (χ1v) is 9.81. The van der Waals surface area contributed by atoms with Crippen molar-refractivity contribution in [2.75, 3.05) is 0 Å². The minimum absolute atomic E-state index is 0.737. The van der Waals surface area contributed by atoms with E-state index in [2.05, 4.69) is 39.2 Å². The van der Waals surface area contributed by atoms with Crippen molar-refractivity contribution in [2.24, 2.45) is 0 Å². The van der Waals surface area contributed by atoms with E-state index in [0.717, 1.165) is 45.3 Å². The molecule has 0 radical (unpaired) electrons. The van der Waals surface area contributed by atoms with E-state index >= 15 is 0 Å². The van der Waals surface area contributed by atoms with Crippen LogP contribution in [0.5, 0.6) is 0 Å². The number of aromatic nitrogens is 4. The van der Waals surface area contributed by atoms with Gasteiger partial charge in [-0.1, -0.05) is 42.1 Å². The highest BCUT2D eigenvalue weighted by Crippen LogP contribution is 2.29. The number of hydrogen-bond acceptors (Lipinski definition) is 6. The lowest BCUT2D eigenvalue weighted by atomic mass is 10.2. The van der Waals surface area contributed by atoms with Gasteiger partial charge in [-0.3, -0.25) is 4.57 Å². The smallest absolute Gasteiger partial charge is 0.200 e. The molecule has 1 aromatic carbocycles. The summed E-state index contributed by atoms with van der Waals surface area (Å²) in [6.07, 6.45) is 1.65. The molecule has 0 atom stereocenters. The van der Waals surface area contributed by atoms with Gasteiger partial charge < -0.3 is 4.42 Å². The van der Waals surface area contributed by atoms with Gasteiger partial charge in [-0.05, 0) is 19.1 Å². The fraction of sp³-hybridized carbons (Fsp3) is 0.167. The molecule has 0 fully saturated rings. The van der Waals surface area contributed by atoms with Gasteiger partial charge in [0.2, 0.25) is 0 Å². The lowest BCUT2D eigenvalue weighted by molar-refractivity contribution is 0.567. The number of thioether (sulfide) groups is 1. The molecule has 3 heterocycles. The quantitative estimate of drug-likeness (QED) is 0.450. The second-order valence-electron chi connectivity index (χ2n) is 5.33. The maximum atomic E-state index is 5.45. The van der Waals surface area contributed by atoms with Crippen LogP contribution in [0.25, 0.3) is 22.2 Å². The standard InChI is InChI=1S/C18H16N4OS2/c1-2-22-16(15-9-6-10-23-15)20-21-18(22)25-12-14-11-24-17(19-14)13-7-4-3-5-8-13/h3-11H,2,12H2,1H3. The molecular formula is C18H16N4OS2. The summed E-state index contributed by atoms with van der Waals surface area (Å²) in [5.74, 6) is 2.26. The van der Waals surface area contributed by atoms with Gasteiger partial charge in [-0.2, -0.15) is 0 Å². The second kappa shape index (κ2) is 7.25. The highest BCUT2D eigenvalue weighted by Gasteiger charge is 2.15. The molecule has 4 aromatic rings. The molecule has 5 nitrogen and oxygen atoms in total. The third-order valence-corrected chi connectivity index (χ3v) is 5.64. The Hall–Kier alpha value is -2.38. The Morgan fingerprint density at radius 1 is 1.12 bits per heavy atom. The summed E-state index contributed by atoms with van der Waals surface area (Å²) in [6, 6.07) is 14.0. The van der Waals surface area contributed by atoms with Crippen molar-refractivity contribution in [2.45, 2.75) is 24.4 Å². The van der Waals surface area contributed by atoms with Crippen LogP contribution in [0, 0.1) is 0 Å². The molecule has 0 spiro atoms. The van der Waals surface area contributed by atoms with Crippen molar-refractivity contribution in [3.05, 3.63) is 59.8 Å². The maximum Gasteiger partial charge on any atom is 0.200 e. The predicted molar refractivity (Wildman–Crippen MR) is 101 cm³/mol. The summed E-state index contributed by atoms with van der Waals surface area (Å²) in [5, 5.41) is 12.6. The topological polar surface area (TPSA) is 56.7 Å². The van der Waals surface area contributed by atoms with Crippen molar-refractivity contribution in [3.8, 4) is 22.2 Å². The number of furan rings is 1. The van der Waals surface area contributed by atoms with Crippen LogP contribution in [0.15, 0.2) is 63.7 Å². The zero-order valence-electron chi connectivity index (χ0n) is 13.6. The van der Waals surface area contributed by atoms with Crippen LogP contribution in [0.1, 0.15) is 12.6 Å². The Kier molecular flexibility index (Phi) is 4.67. The maximum absolute atomic E-state index is 5.45. The van der Waals surface area contributed by atoms with Crippen LogP contribution in [-0.2, 0) is 12.3 Å². The molecule has 7 heteroatoms. The predicted octanol–water partition coefficient (Wildman–Crippen LogP) is 4.97. The van der Waals surface area contributed by atoms with E-state index < -0.39 is 0 Å². The van der Waals surface area contributed by atoms with Gasteiger partial charge in [0.05, 0.1) is 12.0 Å². The minimum atomic E-state index is 0.737. The lowest BCUT2D eigenvalue weighted by Gasteiger charge is -2.04. The Balaban J connectivity index is 1.50. The number of rotatable bonds is 6. The van der Waals surface area contributed by atoms with Crippen molar-refractivity contribution >= 4 is 23.1 Å². The molecule has 3 aromatic heterocycles. The van der Waals surface area contributed by atoms with Crippen LogP contribution in [-0.4, -0.2) is 19.7 Å². The Morgan fingerprint density at radius 2 is 2.00 bits per heavy atom. The Labute approximate surface area is 153 Å². The first kappa shape index (κ1) is 16.1. The van der Waals surface area contributed by atoms with Crippen LogP contribution in [0.3, 0.4) is 0 Å². The van der Waals surface area contributed by atoms with E-state index in [4.69, 9.17) is 9.40 Å². The van der Waals surface area contributed by atoms with Crippen molar-refractivity contribution in [1.29, 1.82) is 0 Å². The van der Waals surface area contributed by atoms with Crippen molar-refractivity contribution < 1.29 is 4.42 Å². The van der Waals surface area contributed by atoms with Gasteiger partial charge in [-0.25, -0.2) is 4.98 Å². The molecular weight excluding hydrogens is 352 g/mol. The molecule has 0 bridgehead atoms. The lowest BCUT2D eigenvalue weighted by Crippen LogP contribution is -1.99. The van der Waals surface area contributed by atoms with Gasteiger partial charge in [0.1, 0.15) is 5.01 Å². The molecule has 25 heavy (non-hydrogen) atoms. The van der Waals surface area contributed by atoms with Gasteiger partial charge in [-0.15, -0.1) is 21.5 Å². The van der Waals surface area contributed by atoms with E-state index in [1.807, 2.05) is 30.3 Å². The van der Waals surface area contributed by atoms with E-state index in [1.165, 1.54) is 0 Å². The van der Waals surface area contributed by atoms with Crippen LogP contribution < -0.4 is 0 Å². The minimum Gasteiger partial charge on any atom is -0.461 e.